The van der Waals surface area contributed by atoms with Crippen LogP contribution in [-0.2, 0) is 10.0 Å². The number of fused-ring (bicyclic) bond motifs is 1. The molecule has 0 atom stereocenters. The Kier molecular flexibility index (Phi) is 6.27. The second-order valence-electron chi connectivity index (χ2n) is 6.63. The Morgan fingerprint density at radius 2 is 1.59 bits per heavy atom. The Labute approximate surface area is 176 Å². The summed E-state index contributed by atoms with van der Waals surface area (Å²) in [5.74, 6) is -0.373. The summed E-state index contributed by atoms with van der Waals surface area (Å²) >= 11 is 6.26. The molecule has 0 saturated carbocycles. The van der Waals surface area contributed by atoms with Crippen LogP contribution in [0.4, 0.5) is 5.69 Å². The Hall–Kier alpha value is -2.41. The first-order valence-corrected chi connectivity index (χ1v) is 11.2. The van der Waals surface area contributed by atoms with Gasteiger partial charge < -0.3 is 4.90 Å². The first kappa shape index (κ1) is 21.3. The third-order valence-corrected chi connectivity index (χ3v) is 7.31. The number of halogens is 1. The van der Waals surface area contributed by atoms with Crippen molar-refractivity contribution in [3.63, 3.8) is 0 Å². The van der Waals surface area contributed by atoms with E-state index in [-0.39, 0.29) is 21.4 Å². The SMILES string of the molecule is CCN(CC)S(=O)(=O)c1ccc(Cl)c(C(=O)N(C)c2ccc3ccccc3c2)c1. The maximum absolute atomic E-state index is 13.1. The maximum Gasteiger partial charge on any atom is 0.259 e. The van der Waals surface area contributed by atoms with E-state index >= 15 is 0 Å². The molecular formula is C22H23ClN2O3S. The van der Waals surface area contributed by atoms with Gasteiger partial charge >= 0.3 is 0 Å². The second-order valence-corrected chi connectivity index (χ2v) is 8.97. The third kappa shape index (κ3) is 4.15. The van der Waals surface area contributed by atoms with E-state index in [0.29, 0.717) is 18.8 Å². The minimum atomic E-state index is -3.69. The van der Waals surface area contributed by atoms with E-state index in [9.17, 15) is 13.2 Å². The van der Waals surface area contributed by atoms with Crippen LogP contribution < -0.4 is 4.90 Å². The van der Waals surface area contributed by atoms with Gasteiger partial charge in [0.1, 0.15) is 0 Å². The normalized spacial score (nSPS) is 11.8. The Bertz CT molecular complexity index is 1160. The molecule has 3 rings (SSSR count). The van der Waals surface area contributed by atoms with Crippen molar-refractivity contribution in [1.82, 2.24) is 4.31 Å². The lowest BCUT2D eigenvalue weighted by Crippen LogP contribution is -2.31. The molecule has 0 bridgehead atoms. The fourth-order valence-corrected chi connectivity index (χ4v) is 4.91. The molecule has 29 heavy (non-hydrogen) atoms. The van der Waals surface area contributed by atoms with Gasteiger partial charge in [0, 0.05) is 25.8 Å². The number of benzene rings is 3. The lowest BCUT2D eigenvalue weighted by atomic mass is 10.1. The molecule has 0 unspecified atom stereocenters. The molecule has 0 spiro atoms. The highest BCUT2D eigenvalue weighted by Crippen LogP contribution is 2.27. The molecular weight excluding hydrogens is 408 g/mol. The Morgan fingerprint density at radius 1 is 0.931 bits per heavy atom. The Balaban J connectivity index is 1.99. The number of hydrogen-bond acceptors (Lipinski definition) is 3. The fraction of sp³-hybridized carbons (Fsp3) is 0.227. The van der Waals surface area contributed by atoms with E-state index in [1.54, 1.807) is 20.9 Å². The summed E-state index contributed by atoms with van der Waals surface area (Å²) in [6, 6.07) is 17.8. The molecule has 152 valence electrons. The number of nitrogens with zero attached hydrogens (tertiary/aromatic N) is 2. The van der Waals surface area contributed by atoms with Crippen LogP contribution in [0.25, 0.3) is 10.8 Å². The van der Waals surface area contributed by atoms with Crippen LogP contribution in [0, 0.1) is 0 Å². The zero-order valence-electron chi connectivity index (χ0n) is 16.6. The molecule has 0 aliphatic heterocycles. The molecule has 0 saturated heterocycles. The minimum Gasteiger partial charge on any atom is -0.311 e. The summed E-state index contributed by atoms with van der Waals surface area (Å²) in [7, 11) is -2.04. The topological polar surface area (TPSA) is 57.7 Å². The van der Waals surface area contributed by atoms with E-state index < -0.39 is 10.0 Å². The molecule has 0 aliphatic rings. The molecule has 3 aromatic rings. The number of rotatable bonds is 6. The summed E-state index contributed by atoms with van der Waals surface area (Å²) in [5, 5.41) is 2.29. The second kappa shape index (κ2) is 8.53. The smallest absolute Gasteiger partial charge is 0.259 e. The number of sulfonamides is 1. The molecule has 0 fully saturated rings. The maximum atomic E-state index is 13.1. The van der Waals surface area contributed by atoms with E-state index in [0.717, 1.165) is 10.8 Å². The van der Waals surface area contributed by atoms with E-state index in [4.69, 9.17) is 11.6 Å². The Morgan fingerprint density at radius 3 is 2.24 bits per heavy atom. The molecule has 0 radical (unpaired) electrons. The molecule has 0 N–H and O–H groups in total. The number of amides is 1. The standard InChI is InChI=1S/C22H23ClN2O3S/c1-4-25(5-2)29(27,28)19-12-13-21(23)20(15-19)22(26)24(3)18-11-10-16-8-6-7-9-17(16)14-18/h6-15H,4-5H2,1-3H3. The number of carbonyl (C=O) groups excluding carboxylic acids is 1. The van der Waals surface area contributed by atoms with Gasteiger partial charge in [0.2, 0.25) is 10.0 Å². The third-order valence-electron chi connectivity index (χ3n) is 4.94. The quantitative estimate of drug-likeness (QED) is 0.564. The van der Waals surface area contributed by atoms with E-state index in [1.807, 2.05) is 42.5 Å². The van der Waals surface area contributed by atoms with Gasteiger partial charge in [-0.1, -0.05) is 55.8 Å². The molecule has 7 heteroatoms. The van der Waals surface area contributed by atoms with Gasteiger partial charge in [0.15, 0.2) is 0 Å². The summed E-state index contributed by atoms with van der Waals surface area (Å²) in [4.78, 5) is 14.7. The van der Waals surface area contributed by atoms with Gasteiger partial charge in [-0.2, -0.15) is 4.31 Å². The van der Waals surface area contributed by atoms with Crippen molar-refractivity contribution in [3.8, 4) is 0 Å². The largest absolute Gasteiger partial charge is 0.311 e. The molecule has 5 nitrogen and oxygen atoms in total. The summed E-state index contributed by atoms with van der Waals surface area (Å²) in [6.45, 7) is 4.25. The first-order valence-electron chi connectivity index (χ1n) is 9.36. The molecule has 0 aliphatic carbocycles. The van der Waals surface area contributed by atoms with Crippen molar-refractivity contribution in [2.24, 2.45) is 0 Å². The molecule has 0 heterocycles. The highest BCUT2D eigenvalue weighted by atomic mass is 35.5. The van der Waals surface area contributed by atoms with E-state index in [1.165, 1.54) is 27.4 Å². The highest BCUT2D eigenvalue weighted by molar-refractivity contribution is 7.89. The lowest BCUT2D eigenvalue weighted by Gasteiger charge is -2.21. The number of carbonyl (C=O) groups is 1. The highest BCUT2D eigenvalue weighted by Gasteiger charge is 2.25. The van der Waals surface area contributed by atoms with Gasteiger partial charge in [0.05, 0.1) is 15.5 Å². The van der Waals surface area contributed by atoms with Crippen molar-refractivity contribution in [1.29, 1.82) is 0 Å². The molecule has 1 amide bonds. The van der Waals surface area contributed by atoms with Crippen LogP contribution in [0.5, 0.6) is 0 Å². The number of hydrogen-bond donors (Lipinski definition) is 0. The molecule has 3 aromatic carbocycles. The van der Waals surface area contributed by atoms with Crippen LogP contribution in [-0.4, -0.2) is 38.8 Å². The van der Waals surface area contributed by atoms with Crippen LogP contribution in [0.3, 0.4) is 0 Å². The zero-order valence-corrected chi connectivity index (χ0v) is 18.2. The summed E-state index contributed by atoms with van der Waals surface area (Å²) in [5.41, 5.74) is 0.845. The molecule has 0 aromatic heterocycles. The average molecular weight is 431 g/mol. The zero-order chi connectivity index (χ0) is 21.2. The van der Waals surface area contributed by atoms with Crippen molar-refractivity contribution in [3.05, 3.63) is 71.2 Å². The average Bonchev–Trinajstić information content (AvgIpc) is 2.73. The van der Waals surface area contributed by atoms with Crippen molar-refractivity contribution >= 4 is 44.0 Å². The van der Waals surface area contributed by atoms with Gasteiger partial charge in [-0.3, -0.25) is 4.79 Å². The summed E-state index contributed by atoms with van der Waals surface area (Å²) in [6.07, 6.45) is 0. The van der Waals surface area contributed by atoms with E-state index in [2.05, 4.69) is 0 Å². The first-order chi connectivity index (χ1) is 13.8. The lowest BCUT2D eigenvalue weighted by molar-refractivity contribution is 0.0993. The van der Waals surface area contributed by atoms with Crippen molar-refractivity contribution in [2.45, 2.75) is 18.7 Å². The van der Waals surface area contributed by atoms with Gasteiger partial charge in [-0.15, -0.1) is 0 Å². The number of anilines is 1. The van der Waals surface area contributed by atoms with Crippen LogP contribution in [0.1, 0.15) is 24.2 Å². The summed E-state index contributed by atoms with van der Waals surface area (Å²) < 4.78 is 27.0. The predicted octanol–water partition coefficient (Wildman–Crippen LogP) is 4.80. The minimum absolute atomic E-state index is 0.0564. The van der Waals surface area contributed by atoms with Crippen molar-refractivity contribution < 1.29 is 13.2 Å². The van der Waals surface area contributed by atoms with Crippen LogP contribution >= 0.6 is 11.6 Å². The monoisotopic (exact) mass is 430 g/mol. The fourth-order valence-electron chi connectivity index (χ4n) is 3.22. The van der Waals surface area contributed by atoms with Gasteiger partial charge in [-0.05, 0) is 41.1 Å². The van der Waals surface area contributed by atoms with Gasteiger partial charge in [-0.25, -0.2) is 8.42 Å². The van der Waals surface area contributed by atoms with Crippen LogP contribution in [0.15, 0.2) is 65.6 Å². The van der Waals surface area contributed by atoms with Gasteiger partial charge in [0.25, 0.3) is 5.91 Å². The van der Waals surface area contributed by atoms with Crippen molar-refractivity contribution in [2.75, 3.05) is 25.0 Å². The predicted molar refractivity (Wildman–Crippen MR) is 118 cm³/mol. The van der Waals surface area contributed by atoms with Crippen LogP contribution in [0.2, 0.25) is 5.02 Å².